The first-order valence-electron chi connectivity index (χ1n) is 7.58. The number of fused-ring (bicyclic) bond motifs is 1. The molecule has 106 valence electrons. The lowest BCUT2D eigenvalue weighted by molar-refractivity contribution is 0.104. The number of aliphatic hydroxyl groups excluding tert-OH is 1. The molecule has 2 atom stereocenters. The fourth-order valence-electron chi connectivity index (χ4n) is 2.77. The van der Waals surface area contributed by atoms with Gasteiger partial charge in [0.05, 0.1) is 6.10 Å². The van der Waals surface area contributed by atoms with E-state index in [1.165, 1.54) is 23.6 Å². The predicted octanol–water partition coefficient (Wildman–Crippen LogP) is 3.65. The Morgan fingerprint density at radius 3 is 2.40 bits per heavy atom. The van der Waals surface area contributed by atoms with Gasteiger partial charge in [0.1, 0.15) is 0 Å². The average Bonchev–Trinajstić information content (AvgIpc) is 3.27. The van der Waals surface area contributed by atoms with E-state index in [1.807, 2.05) is 12.1 Å². The van der Waals surface area contributed by atoms with Crippen LogP contribution >= 0.6 is 0 Å². The fourth-order valence-corrected chi connectivity index (χ4v) is 2.77. The van der Waals surface area contributed by atoms with Crippen molar-refractivity contribution < 1.29 is 5.11 Å². The Bertz CT molecular complexity index is 589. The first kappa shape index (κ1) is 13.6. The lowest BCUT2D eigenvalue weighted by atomic mass is 9.92. The van der Waals surface area contributed by atoms with Gasteiger partial charge in [-0.25, -0.2) is 0 Å². The highest BCUT2D eigenvalue weighted by Gasteiger charge is 2.30. The van der Waals surface area contributed by atoms with Crippen molar-refractivity contribution in [3.8, 4) is 0 Å². The van der Waals surface area contributed by atoms with Crippen LogP contribution in [0.4, 0.5) is 0 Å². The van der Waals surface area contributed by atoms with E-state index in [1.54, 1.807) is 0 Å². The fraction of sp³-hybridized carbons (Fsp3) is 0.444. The molecule has 0 heterocycles. The van der Waals surface area contributed by atoms with Gasteiger partial charge in [-0.05, 0) is 41.2 Å². The Morgan fingerprint density at radius 2 is 1.75 bits per heavy atom. The van der Waals surface area contributed by atoms with Gasteiger partial charge >= 0.3 is 0 Å². The Balaban J connectivity index is 1.87. The van der Waals surface area contributed by atoms with Crippen LogP contribution in [0, 0.1) is 5.92 Å². The maximum atomic E-state index is 10.7. The number of hydrogen-bond donors (Lipinski definition) is 2. The third kappa shape index (κ3) is 2.87. The Morgan fingerprint density at radius 1 is 1.05 bits per heavy atom. The van der Waals surface area contributed by atoms with Crippen LogP contribution in [0.1, 0.15) is 38.4 Å². The predicted molar refractivity (Wildman–Crippen MR) is 83.7 cm³/mol. The van der Waals surface area contributed by atoms with Crippen LogP contribution in [-0.4, -0.2) is 17.2 Å². The molecule has 1 fully saturated rings. The molecule has 1 aliphatic carbocycles. The molecule has 0 spiro atoms. The molecule has 2 nitrogen and oxygen atoms in total. The second-order valence-electron chi connectivity index (χ2n) is 6.26. The molecule has 1 aliphatic rings. The number of hydrogen-bond acceptors (Lipinski definition) is 2. The molecule has 0 radical (unpaired) electrons. The standard InChI is InChI=1S/C18H23NO/c1-12(2)17(19-16-9-10-16)18(20)15-8-7-13-5-3-4-6-14(13)11-15/h3-8,11-12,16-20H,9-10H2,1-2H3. The molecule has 0 amide bonds. The molecule has 2 aromatic carbocycles. The molecule has 3 rings (SSSR count). The summed E-state index contributed by atoms with van der Waals surface area (Å²) in [5.41, 5.74) is 1.01. The summed E-state index contributed by atoms with van der Waals surface area (Å²) in [5, 5.41) is 16.7. The van der Waals surface area contributed by atoms with Crippen molar-refractivity contribution in [2.45, 2.75) is 44.9 Å². The SMILES string of the molecule is CC(C)C(NC1CC1)C(O)c1ccc2ccccc2c1. The lowest BCUT2D eigenvalue weighted by Gasteiger charge is -2.28. The zero-order valence-electron chi connectivity index (χ0n) is 12.2. The molecule has 0 saturated heterocycles. The second kappa shape index (κ2) is 5.55. The first-order valence-corrected chi connectivity index (χ1v) is 7.58. The van der Waals surface area contributed by atoms with Crippen LogP contribution in [0.25, 0.3) is 10.8 Å². The summed E-state index contributed by atoms with van der Waals surface area (Å²) in [5.74, 6) is 0.414. The molecule has 2 aromatic rings. The number of benzene rings is 2. The van der Waals surface area contributed by atoms with Crippen molar-refractivity contribution >= 4 is 10.8 Å². The number of aliphatic hydroxyl groups is 1. The monoisotopic (exact) mass is 269 g/mol. The van der Waals surface area contributed by atoms with E-state index in [-0.39, 0.29) is 6.04 Å². The van der Waals surface area contributed by atoms with E-state index >= 15 is 0 Å². The Hall–Kier alpha value is -1.38. The highest BCUT2D eigenvalue weighted by Crippen LogP contribution is 2.29. The second-order valence-corrected chi connectivity index (χ2v) is 6.26. The van der Waals surface area contributed by atoms with Crippen LogP contribution in [0.15, 0.2) is 42.5 Å². The van der Waals surface area contributed by atoms with Gasteiger partial charge in [-0.1, -0.05) is 50.2 Å². The van der Waals surface area contributed by atoms with E-state index < -0.39 is 6.10 Å². The summed E-state index contributed by atoms with van der Waals surface area (Å²) in [4.78, 5) is 0. The third-order valence-electron chi connectivity index (χ3n) is 4.18. The van der Waals surface area contributed by atoms with E-state index in [2.05, 4.69) is 49.5 Å². The van der Waals surface area contributed by atoms with Gasteiger partial charge in [0.25, 0.3) is 0 Å². The molecule has 2 unspecified atom stereocenters. The van der Waals surface area contributed by atoms with Crippen LogP contribution in [0.5, 0.6) is 0 Å². The molecule has 20 heavy (non-hydrogen) atoms. The van der Waals surface area contributed by atoms with Crippen LogP contribution in [0.3, 0.4) is 0 Å². The molecular weight excluding hydrogens is 246 g/mol. The molecule has 2 N–H and O–H groups in total. The molecular formula is C18H23NO. The number of rotatable bonds is 5. The quantitative estimate of drug-likeness (QED) is 0.868. The van der Waals surface area contributed by atoms with Crippen molar-refractivity contribution in [1.82, 2.24) is 5.32 Å². The van der Waals surface area contributed by atoms with Crippen molar-refractivity contribution in [2.75, 3.05) is 0 Å². The minimum absolute atomic E-state index is 0.128. The van der Waals surface area contributed by atoms with Crippen LogP contribution < -0.4 is 5.32 Å². The normalized spacial score (nSPS) is 18.4. The van der Waals surface area contributed by atoms with Gasteiger partial charge in [0.15, 0.2) is 0 Å². The van der Waals surface area contributed by atoms with Gasteiger partial charge in [0.2, 0.25) is 0 Å². The summed E-state index contributed by atoms with van der Waals surface area (Å²) in [6, 6.07) is 15.3. The van der Waals surface area contributed by atoms with Crippen molar-refractivity contribution in [1.29, 1.82) is 0 Å². The van der Waals surface area contributed by atoms with Gasteiger partial charge < -0.3 is 10.4 Å². The third-order valence-corrected chi connectivity index (χ3v) is 4.18. The smallest absolute Gasteiger partial charge is 0.0945 e. The van der Waals surface area contributed by atoms with Gasteiger partial charge in [-0.3, -0.25) is 0 Å². The molecule has 0 aliphatic heterocycles. The van der Waals surface area contributed by atoms with Gasteiger partial charge in [0, 0.05) is 12.1 Å². The maximum Gasteiger partial charge on any atom is 0.0945 e. The molecule has 1 saturated carbocycles. The summed E-state index contributed by atoms with van der Waals surface area (Å²) >= 11 is 0. The topological polar surface area (TPSA) is 32.3 Å². The minimum atomic E-state index is -0.444. The highest BCUT2D eigenvalue weighted by atomic mass is 16.3. The Labute approximate surface area is 120 Å². The van der Waals surface area contributed by atoms with E-state index in [0.717, 1.165) is 5.56 Å². The van der Waals surface area contributed by atoms with E-state index in [4.69, 9.17) is 0 Å². The van der Waals surface area contributed by atoms with Crippen molar-refractivity contribution in [2.24, 2.45) is 5.92 Å². The van der Waals surface area contributed by atoms with Gasteiger partial charge in [-0.2, -0.15) is 0 Å². The number of nitrogens with one attached hydrogen (secondary N) is 1. The average molecular weight is 269 g/mol. The largest absolute Gasteiger partial charge is 0.387 e. The van der Waals surface area contributed by atoms with Crippen LogP contribution in [0.2, 0.25) is 0 Å². The highest BCUT2D eigenvalue weighted by molar-refractivity contribution is 5.83. The summed E-state index contributed by atoms with van der Waals surface area (Å²) in [6.07, 6.45) is 2.04. The van der Waals surface area contributed by atoms with E-state index in [9.17, 15) is 5.11 Å². The summed E-state index contributed by atoms with van der Waals surface area (Å²) in [6.45, 7) is 4.34. The van der Waals surface area contributed by atoms with E-state index in [0.29, 0.717) is 12.0 Å². The minimum Gasteiger partial charge on any atom is -0.387 e. The lowest BCUT2D eigenvalue weighted by Crippen LogP contribution is -2.40. The van der Waals surface area contributed by atoms with Crippen molar-refractivity contribution in [3.63, 3.8) is 0 Å². The Kier molecular flexibility index (Phi) is 3.77. The zero-order valence-corrected chi connectivity index (χ0v) is 12.2. The zero-order chi connectivity index (χ0) is 14.1. The van der Waals surface area contributed by atoms with Gasteiger partial charge in [-0.15, -0.1) is 0 Å². The van der Waals surface area contributed by atoms with Crippen LogP contribution in [-0.2, 0) is 0 Å². The van der Waals surface area contributed by atoms with Crippen molar-refractivity contribution in [3.05, 3.63) is 48.0 Å². The first-order chi connectivity index (χ1) is 9.65. The maximum absolute atomic E-state index is 10.7. The summed E-state index contributed by atoms with van der Waals surface area (Å²) < 4.78 is 0. The molecule has 0 bridgehead atoms. The summed E-state index contributed by atoms with van der Waals surface area (Å²) in [7, 11) is 0. The molecule has 2 heteroatoms. The molecule has 0 aromatic heterocycles.